The van der Waals surface area contributed by atoms with Gasteiger partial charge in [0, 0.05) is 34.8 Å². The number of hydrogen-bond donors (Lipinski definition) is 1. The summed E-state index contributed by atoms with van der Waals surface area (Å²) in [6.45, 7) is 3.05. The molecule has 3 nitrogen and oxygen atoms in total. The number of anilines is 1. The number of carbonyl (C=O) groups is 1. The lowest BCUT2D eigenvalue weighted by Crippen LogP contribution is -2.42. The molecule has 2 heterocycles. The van der Waals surface area contributed by atoms with Crippen LogP contribution in [0, 0.1) is 5.92 Å². The van der Waals surface area contributed by atoms with Gasteiger partial charge in [0.2, 0.25) is 0 Å². The van der Waals surface area contributed by atoms with E-state index in [-0.39, 0.29) is 11.9 Å². The maximum atomic E-state index is 13.2. The smallest absolute Gasteiger partial charge is 0.254 e. The van der Waals surface area contributed by atoms with Crippen LogP contribution in [0.2, 0.25) is 5.02 Å². The number of likely N-dealkylation sites (tertiary alicyclic amines) is 1. The van der Waals surface area contributed by atoms with Crippen molar-refractivity contribution in [2.75, 3.05) is 11.9 Å². The van der Waals surface area contributed by atoms with Gasteiger partial charge in [-0.1, -0.05) is 35.9 Å². The number of nitrogens with zero attached hydrogens (tertiary/aromatic N) is 1. The van der Waals surface area contributed by atoms with Crippen LogP contribution in [-0.4, -0.2) is 23.4 Å². The lowest BCUT2D eigenvalue weighted by Gasteiger charge is -2.38. The number of allylic oxidation sites excluding steroid dienone is 2. The molecule has 4 atom stereocenters. The Labute approximate surface area is 177 Å². The van der Waals surface area contributed by atoms with E-state index in [1.54, 1.807) is 0 Å². The maximum absolute atomic E-state index is 13.2. The molecule has 3 aliphatic rings. The monoisotopic (exact) mass is 406 g/mol. The van der Waals surface area contributed by atoms with Gasteiger partial charge < -0.3 is 10.2 Å². The molecule has 0 radical (unpaired) electrons. The zero-order chi connectivity index (χ0) is 20.0. The zero-order valence-corrected chi connectivity index (χ0v) is 17.5. The van der Waals surface area contributed by atoms with Crippen molar-refractivity contribution in [2.45, 2.75) is 50.6 Å². The molecule has 2 aromatic rings. The van der Waals surface area contributed by atoms with Crippen molar-refractivity contribution >= 4 is 23.2 Å². The minimum absolute atomic E-state index is 0.179. The Bertz CT molecular complexity index is 952. The molecule has 4 unspecified atom stereocenters. The van der Waals surface area contributed by atoms with Crippen LogP contribution in [0.1, 0.15) is 66.1 Å². The van der Waals surface area contributed by atoms with Crippen molar-refractivity contribution in [2.24, 2.45) is 5.92 Å². The molecular weight excluding hydrogens is 380 g/mol. The fourth-order valence-electron chi connectivity index (χ4n) is 5.29. The van der Waals surface area contributed by atoms with E-state index in [1.807, 2.05) is 18.2 Å². The highest BCUT2D eigenvalue weighted by Crippen LogP contribution is 2.50. The van der Waals surface area contributed by atoms with Crippen molar-refractivity contribution in [3.63, 3.8) is 0 Å². The van der Waals surface area contributed by atoms with Crippen LogP contribution >= 0.6 is 11.6 Å². The summed E-state index contributed by atoms with van der Waals surface area (Å²) in [6, 6.07) is 15.0. The molecule has 4 heteroatoms. The van der Waals surface area contributed by atoms with Crippen molar-refractivity contribution in [3.05, 3.63) is 76.3 Å². The number of hydrogen-bond acceptors (Lipinski definition) is 2. The van der Waals surface area contributed by atoms with Gasteiger partial charge in [0.15, 0.2) is 0 Å². The minimum Gasteiger partial charge on any atom is -0.378 e. The third kappa shape index (κ3) is 3.36. The first kappa shape index (κ1) is 18.7. The Morgan fingerprint density at radius 2 is 1.97 bits per heavy atom. The molecule has 150 valence electrons. The number of nitrogens with one attached hydrogen (secondary N) is 1. The van der Waals surface area contributed by atoms with Gasteiger partial charge in [0.1, 0.15) is 0 Å². The van der Waals surface area contributed by atoms with Gasteiger partial charge in [-0.25, -0.2) is 0 Å². The third-order valence-corrected chi connectivity index (χ3v) is 7.15. The fraction of sp³-hybridized carbons (Fsp3) is 0.400. The van der Waals surface area contributed by atoms with E-state index in [9.17, 15) is 4.79 Å². The molecule has 2 aromatic carbocycles. The predicted octanol–water partition coefficient (Wildman–Crippen LogP) is 6.18. The van der Waals surface area contributed by atoms with Crippen LogP contribution in [0.5, 0.6) is 0 Å². The van der Waals surface area contributed by atoms with E-state index >= 15 is 0 Å². The molecule has 1 aliphatic carbocycles. The fourth-order valence-corrected chi connectivity index (χ4v) is 5.42. The first-order valence-electron chi connectivity index (χ1n) is 10.8. The second kappa shape index (κ2) is 7.53. The lowest BCUT2D eigenvalue weighted by atomic mass is 9.76. The highest BCUT2D eigenvalue weighted by molar-refractivity contribution is 6.30. The summed E-state index contributed by atoms with van der Waals surface area (Å²) in [6.07, 6.45) is 9.10. The van der Waals surface area contributed by atoms with Crippen molar-refractivity contribution in [3.8, 4) is 0 Å². The van der Waals surface area contributed by atoms with Crippen molar-refractivity contribution < 1.29 is 4.79 Å². The largest absolute Gasteiger partial charge is 0.378 e. The molecule has 1 saturated heterocycles. The Morgan fingerprint density at radius 3 is 2.76 bits per heavy atom. The second-order valence-electron chi connectivity index (χ2n) is 8.67. The molecule has 2 aliphatic heterocycles. The van der Waals surface area contributed by atoms with E-state index in [4.69, 9.17) is 11.6 Å². The van der Waals surface area contributed by atoms with Gasteiger partial charge >= 0.3 is 0 Å². The number of rotatable bonds is 2. The maximum Gasteiger partial charge on any atom is 0.254 e. The number of carbonyl (C=O) groups excluding carboxylic acids is 1. The van der Waals surface area contributed by atoms with Crippen LogP contribution in [0.3, 0.4) is 0 Å². The molecule has 1 amide bonds. The number of halogens is 1. The summed E-state index contributed by atoms with van der Waals surface area (Å²) >= 11 is 6.10. The van der Waals surface area contributed by atoms with Gasteiger partial charge in [-0.2, -0.15) is 0 Å². The molecule has 0 bridgehead atoms. The molecular formula is C25H27ClN2O. The van der Waals surface area contributed by atoms with E-state index in [1.165, 1.54) is 17.5 Å². The van der Waals surface area contributed by atoms with E-state index in [2.05, 4.69) is 53.6 Å². The van der Waals surface area contributed by atoms with E-state index in [0.717, 1.165) is 42.1 Å². The molecule has 0 spiro atoms. The van der Waals surface area contributed by atoms with Gasteiger partial charge in [-0.15, -0.1) is 0 Å². The highest BCUT2D eigenvalue weighted by Gasteiger charge is 2.38. The lowest BCUT2D eigenvalue weighted by molar-refractivity contribution is 0.0635. The minimum atomic E-state index is 0.179. The SMILES string of the molecule is CC1CCCCN1C(=O)c1ccc2c(c1)C1C=CCC1C(c1ccc(Cl)cc1)N2. The third-order valence-electron chi connectivity index (χ3n) is 6.90. The van der Waals surface area contributed by atoms with Crippen molar-refractivity contribution in [1.82, 2.24) is 4.90 Å². The number of benzene rings is 2. The van der Waals surface area contributed by atoms with Crippen LogP contribution in [0.4, 0.5) is 5.69 Å². The van der Waals surface area contributed by atoms with Gasteiger partial charge in [-0.3, -0.25) is 4.79 Å². The molecule has 1 fully saturated rings. The molecule has 0 aromatic heterocycles. The van der Waals surface area contributed by atoms with E-state index < -0.39 is 0 Å². The molecule has 1 N–H and O–H groups in total. The summed E-state index contributed by atoms with van der Waals surface area (Å²) < 4.78 is 0. The van der Waals surface area contributed by atoms with E-state index in [0.29, 0.717) is 17.9 Å². The van der Waals surface area contributed by atoms with Crippen molar-refractivity contribution in [1.29, 1.82) is 0 Å². The molecule has 5 rings (SSSR count). The first-order valence-corrected chi connectivity index (χ1v) is 11.1. The van der Waals surface area contributed by atoms with Crippen LogP contribution in [0.15, 0.2) is 54.6 Å². The van der Waals surface area contributed by atoms with Crippen LogP contribution in [0.25, 0.3) is 0 Å². The summed E-state index contributed by atoms with van der Waals surface area (Å²) in [5.41, 5.74) is 4.48. The van der Waals surface area contributed by atoms with Crippen LogP contribution < -0.4 is 5.32 Å². The Balaban J connectivity index is 1.47. The van der Waals surface area contributed by atoms with Gasteiger partial charge in [0.25, 0.3) is 5.91 Å². The average molecular weight is 407 g/mol. The number of amides is 1. The second-order valence-corrected chi connectivity index (χ2v) is 9.11. The first-order chi connectivity index (χ1) is 14.1. The number of piperidine rings is 1. The molecule has 29 heavy (non-hydrogen) atoms. The standard InChI is InChI=1S/C25H27ClN2O/c1-16-5-2-3-14-28(16)25(29)18-10-13-23-22(15-18)20-6-4-7-21(20)24(27-23)17-8-11-19(26)12-9-17/h4,6,8-13,15-16,20-21,24,27H,2-3,5,7,14H2,1H3. The average Bonchev–Trinajstić information content (AvgIpc) is 3.24. The summed E-state index contributed by atoms with van der Waals surface area (Å²) in [5.74, 6) is 0.986. The Morgan fingerprint density at radius 1 is 1.14 bits per heavy atom. The summed E-state index contributed by atoms with van der Waals surface area (Å²) in [7, 11) is 0. The van der Waals surface area contributed by atoms with Gasteiger partial charge in [0.05, 0.1) is 6.04 Å². The quantitative estimate of drug-likeness (QED) is 0.604. The summed E-state index contributed by atoms with van der Waals surface area (Å²) in [5, 5.41) is 4.52. The Hall–Kier alpha value is -2.26. The number of fused-ring (bicyclic) bond motifs is 3. The Kier molecular flexibility index (Phi) is 4.87. The predicted molar refractivity (Wildman–Crippen MR) is 119 cm³/mol. The normalized spacial score (nSPS) is 27.9. The topological polar surface area (TPSA) is 32.3 Å². The summed E-state index contributed by atoms with van der Waals surface area (Å²) in [4.78, 5) is 15.2. The van der Waals surface area contributed by atoms with Gasteiger partial charge in [-0.05, 0) is 80.0 Å². The zero-order valence-electron chi connectivity index (χ0n) is 16.8. The highest BCUT2D eigenvalue weighted by atomic mass is 35.5. The molecule has 0 saturated carbocycles. The van der Waals surface area contributed by atoms with Crippen LogP contribution in [-0.2, 0) is 0 Å².